The molecule has 1 unspecified atom stereocenters. The Morgan fingerprint density at radius 3 is 2.67 bits per heavy atom. The number of halogens is 1. The van der Waals surface area contributed by atoms with Gasteiger partial charge in [0.25, 0.3) is 5.91 Å². The summed E-state index contributed by atoms with van der Waals surface area (Å²) >= 11 is 7.53. The molecule has 1 atom stereocenters. The molecule has 6 heteroatoms. The number of carbonyl (C=O) groups is 1. The van der Waals surface area contributed by atoms with Crippen molar-refractivity contribution in [1.82, 2.24) is 0 Å². The molecule has 124 valence electrons. The van der Waals surface area contributed by atoms with Crippen molar-refractivity contribution in [2.75, 3.05) is 10.7 Å². The van der Waals surface area contributed by atoms with Crippen LogP contribution in [0.3, 0.4) is 0 Å². The van der Waals surface area contributed by atoms with Crippen LogP contribution in [0.5, 0.6) is 0 Å². The van der Waals surface area contributed by atoms with Gasteiger partial charge in [-0.15, -0.1) is 0 Å². The number of hydrogen-bond acceptors (Lipinski definition) is 4. The van der Waals surface area contributed by atoms with Crippen molar-refractivity contribution >= 4 is 46.2 Å². The number of aryl methyl sites for hydroxylation is 1. The normalized spacial score (nSPS) is 17.3. The molecule has 0 saturated heterocycles. The minimum absolute atomic E-state index is 0.174. The van der Waals surface area contributed by atoms with Gasteiger partial charge in [0.1, 0.15) is 11.5 Å². The molecule has 24 heavy (non-hydrogen) atoms. The molecule has 2 heterocycles. The topological polar surface area (TPSA) is 45.8 Å². The summed E-state index contributed by atoms with van der Waals surface area (Å²) in [6.45, 7) is 3.90. The Morgan fingerprint density at radius 1 is 1.33 bits per heavy atom. The Bertz CT molecular complexity index is 796. The van der Waals surface area contributed by atoms with Gasteiger partial charge in [-0.2, -0.15) is 0 Å². The summed E-state index contributed by atoms with van der Waals surface area (Å²) in [6.07, 6.45) is 3.17. The third kappa shape index (κ3) is 3.91. The highest BCUT2D eigenvalue weighted by molar-refractivity contribution is 8.14. The van der Waals surface area contributed by atoms with Crippen LogP contribution in [-0.2, 0) is 4.79 Å². The molecule has 0 radical (unpaired) electrons. The van der Waals surface area contributed by atoms with Gasteiger partial charge in [0.2, 0.25) is 0 Å². The van der Waals surface area contributed by atoms with Crippen molar-refractivity contribution in [3.8, 4) is 0 Å². The van der Waals surface area contributed by atoms with Crippen LogP contribution in [0.2, 0.25) is 5.02 Å². The Hall–Kier alpha value is -1.98. The van der Waals surface area contributed by atoms with Gasteiger partial charge in [0.05, 0.1) is 11.7 Å². The van der Waals surface area contributed by atoms with Crippen molar-refractivity contribution in [3.63, 3.8) is 0 Å². The van der Waals surface area contributed by atoms with Gasteiger partial charge >= 0.3 is 0 Å². The summed E-state index contributed by atoms with van der Waals surface area (Å²) in [4.78, 5) is 18.9. The molecule has 0 spiro atoms. The van der Waals surface area contributed by atoms with Crippen molar-refractivity contribution in [3.05, 3.63) is 59.0 Å². The van der Waals surface area contributed by atoms with Crippen molar-refractivity contribution in [2.45, 2.75) is 19.9 Å². The SMILES string of the molecule is Cc1ccc(/C=C/C(=O)N(C2=NC(C)CS2)c2ccc(Cl)cc2)o1. The largest absolute Gasteiger partial charge is 0.462 e. The van der Waals surface area contributed by atoms with E-state index >= 15 is 0 Å². The van der Waals surface area contributed by atoms with Gasteiger partial charge in [-0.3, -0.25) is 14.7 Å². The van der Waals surface area contributed by atoms with Gasteiger partial charge in [-0.25, -0.2) is 0 Å². The number of furan rings is 1. The average Bonchev–Trinajstić information content (AvgIpc) is 3.16. The monoisotopic (exact) mass is 360 g/mol. The predicted octanol–water partition coefficient (Wildman–Crippen LogP) is 4.78. The van der Waals surface area contributed by atoms with Crippen LogP contribution >= 0.6 is 23.4 Å². The summed E-state index contributed by atoms with van der Waals surface area (Å²) in [5, 5.41) is 1.33. The van der Waals surface area contributed by atoms with E-state index in [1.54, 1.807) is 34.9 Å². The maximum Gasteiger partial charge on any atom is 0.257 e. The third-order valence-corrected chi connectivity index (χ3v) is 4.88. The first-order chi connectivity index (χ1) is 11.5. The van der Waals surface area contributed by atoms with Crippen LogP contribution < -0.4 is 4.90 Å². The number of hydrogen-bond donors (Lipinski definition) is 0. The van der Waals surface area contributed by atoms with Crippen LogP contribution in [0.25, 0.3) is 6.08 Å². The first-order valence-corrected chi connectivity index (χ1v) is 8.94. The summed E-state index contributed by atoms with van der Waals surface area (Å²) in [7, 11) is 0. The minimum atomic E-state index is -0.174. The lowest BCUT2D eigenvalue weighted by molar-refractivity contribution is -0.113. The molecule has 0 aliphatic carbocycles. The molecule has 2 aromatic rings. The smallest absolute Gasteiger partial charge is 0.257 e. The quantitative estimate of drug-likeness (QED) is 0.740. The highest BCUT2D eigenvalue weighted by atomic mass is 35.5. The number of carbonyl (C=O) groups excluding carboxylic acids is 1. The molecule has 1 aromatic heterocycles. The van der Waals surface area contributed by atoms with E-state index in [0.717, 1.165) is 17.2 Å². The second kappa shape index (κ2) is 7.28. The van der Waals surface area contributed by atoms with Crippen LogP contribution in [0, 0.1) is 6.92 Å². The van der Waals surface area contributed by atoms with E-state index in [1.165, 1.54) is 6.08 Å². The van der Waals surface area contributed by atoms with Gasteiger partial charge in [0, 0.05) is 16.9 Å². The summed E-state index contributed by atoms with van der Waals surface area (Å²) < 4.78 is 5.47. The number of amides is 1. The molecule has 4 nitrogen and oxygen atoms in total. The lowest BCUT2D eigenvalue weighted by atomic mass is 10.3. The number of aliphatic imine (C=N–C) groups is 1. The molecule has 0 N–H and O–H groups in total. The fourth-order valence-corrected chi connectivity index (χ4v) is 3.44. The summed E-state index contributed by atoms with van der Waals surface area (Å²) in [6, 6.07) is 11.1. The highest BCUT2D eigenvalue weighted by Gasteiger charge is 2.25. The zero-order valence-electron chi connectivity index (χ0n) is 13.4. The van der Waals surface area contributed by atoms with Gasteiger partial charge in [-0.05, 0) is 56.3 Å². The second-order valence-electron chi connectivity index (χ2n) is 5.50. The molecule has 1 amide bonds. The molecular weight excluding hydrogens is 344 g/mol. The fraction of sp³-hybridized carbons (Fsp3) is 0.222. The third-order valence-electron chi connectivity index (χ3n) is 3.43. The number of thioether (sulfide) groups is 1. The number of nitrogens with zero attached hydrogens (tertiary/aromatic N) is 2. The fourth-order valence-electron chi connectivity index (χ4n) is 2.27. The van der Waals surface area contributed by atoms with Gasteiger partial charge in [-0.1, -0.05) is 23.4 Å². The Balaban J connectivity index is 1.89. The molecule has 1 aromatic carbocycles. The van der Waals surface area contributed by atoms with E-state index < -0.39 is 0 Å². The van der Waals surface area contributed by atoms with Gasteiger partial charge in [0.15, 0.2) is 5.17 Å². The zero-order valence-corrected chi connectivity index (χ0v) is 15.0. The van der Waals surface area contributed by atoms with Crippen LogP contribution in [0.15, 0.2) is 51.9 Å². The lowest BCUT2D eigenvalue weighted by Gasteiger charge is -2.20. The first-order valence-electron chi connectivity index (χ1n) is 7.58. The van der Waals surface area contributed by atoms with E-state index in [1.807, 2.05) is 38.1 Å². The Morgan fingerprint density at radius 2 is 2.08 bits per heavy atom. The predicted molar refractivity (Wildman–Crippen MR) is 101 cm³/mol. The molecule has 3 rings (SSSR count). The number of rotatable bonds is 3. The molecule has 1 aliphatic heterocycles. The highest BCUT2D eigenvalue weighted by Crippen LogP contribution is 2.27. The van der Waals surface area contributed by atoms with Crippen molar-refractivity contribution < 1.29 is 9.21 Å². The van der Waals surface area contributed by atoms with E-state index in [2.05, 4.69) is 4.99 Å². The Labute approximate surface area is 150 Å². The van der Waals surface area contributed by atoms with Crippen molar-refractivity contribution in [2.24, 2.45) is 4.99 Å². The molecule has 0 saturated carbocycles. The minimum Gasteiger partial charge on any atom is -0.462 e. The van der Waals surface area contributed by atoms with E-state index in [4.69, 9.17) is 16.0 Å². The molecule has 1 aliphatic rings. The standard InChI is InChI=1S/C18H17ClN2O2S/c1-12-11-24-18(20-12)21(15-6-4-14(19)5-7-15)17(22)10-9-16-8-3-13(2)23-16/h3-10,12H,11H2,1-2H3/b10-9+. The van der Waals surface area contributed by atoms with Crippen LogP contribution in [0.4, 0.5) is 5.69 Å². The zero-order chi connectivity index (χ0) is 17.1. The molecule has 0 bridgehead atoms. The van der Waals surface area contributed by atoms with E-state index in [0.29, 0.717) is 16.0 Å². The lowest BCUT2D eigenvalue weighted by Crippen LogP contribution is -2.33. The van der Waals surface area contributed by atoms with Gasteiger partial charge < -0.3 is 4.42 Å². The number of amidine groups is 1. The average molecular weight is 361 g/mol. The summed E-state index contributed by atoms with van der Waals surface area (Å²) in [5.41, 5.74) is 0.741. The number of anilines is 1. The molecular formula is C18H17ClN2O2S. The van der Waals surface area contributed by atoms with Crippen LogP contribution in [0.1, 0.15) is 18.4 Å². The Kier molecular flexibility index (Phi) is 5.11. The summed E-state index contributed by atoms with van der Waals surface area (Å²) in [5.74, 6) is 2.15. The van der Waals surface area contributed by atoms with Crippen molar-refractivity contribution in [1.29, 1.82) is 0 Å². The molecule has 0 fully saturated rings. The van der Waals surface area contributed by atoms with Crippen LogP contribution in [-0.4, -0.2) is 22.9 Å². The van der Waals surface area contributed by atoms with E-state index in [9.17, 15) is 4.79 Å². The maximum absolute atomic E-state index is 12.8. The second-order valence-corrected chi connectivity index (χ2v) is 6.93. The first kappa shape index (κ1) is 16.9. The van der Waals surface area contributed by atoms with E-state index in [-0.39, 0.29) is 11.9 Å². The maximum atomic E-state index is 12.8. The number of benzene rings is 1.